The van der Waals surface area contributed by atoms with Crippen LogP contribution in [0.1, 0.15) is 13.8 Å². The van der Waals surface area contributed by atoms with Gasteiger partial charge < -0.3 is 10.4 Å². The lowest BCUT2D eigenvalue weighted by atomic mass is 10.0. The van der Waals surface area contributed by atoms with Crippen molar-refractivity contribution in [2.24, 2.45) is 0 Å². The highest BCUT2D eigenvalue weighted by atomic mass is 35.5. The van der Waals surface area contributed by atoms with Crippen LogP contribution in [0.3, 0.4) is 0 Å². The van der Waals surface area contributed by atoms with Gasteiger partial charge in [0.15, 0.2) is 0 Å². The Morgan fingerprint density at radius 1 is 1.64 bits per heavy atom. The van der Waals surface area contributed by atoms with E-state index in [1.54, 1.807) is 0 Å². The first-order valence-electron chi connectivity index (χ1n) is 3.65. The van der Waals surface area contributed by atoms with E-state index in [0.717, 1.165) is 12.3 Å². The van der Waals surface area contributed by atoms with Crippen molar-refractivity contribution in [1.82, 2.24) is 5.32 Å². The van der Waals surface area contributed by atoms with E-state index in [9.17, 15) is 0 Å². The van der Waals surface area contributed by atoms with Crippen LogP contribution in [0.4, 0.5) is 0 Å². The molecule has 4 heteroatoms. The molecule has 1 saturated heterocycles. The fraction of sp³-hybridized carbons (Fsp3) is 1.00. The highest BCUT2D eigenvalue weighted by molar-refractivity contribution is 8.00. The molecule has 2 N–H and O–H groups in total. The van der Waals surface area contributed by atoms with Crippen LogP contribution in [-0.4, -0.2) is 34.8 Å². The van der Waals surface area contributed by atoms with E-state index in [2.05, 4.69) is 19.2 Å². The molecular weight excluding hydrogens is 182 g/mol. The number of halogens is 1. The van der Waals surface area contributed by atoms with Gasteiger partial charge in [0.2, 0.25) is 0 Å². The van der Waals surface area contributed by atoms with Crippen molar-refractivity contribution in [2.45, 2.75) is 24.6 Å². The van der Waals surface area contributed by atoms with Gasteiger partial charge >= 0.3 is 0 Å². The lowest BCUT2D eigenvalue weighted by Crippen LogP contribution is -2.51. The summed E-state index contributed by atoms with van der Waals surface area (Å²) in [5.41, 5.74) is 0. The summed E-state index contributed by atoms with van der Waals surface area (Å²) >= 11 is 1.93. The first-order valence-corrected chi connectivity index (χ1v) is 4.63. The molecule has 0 aromatic carbocycles. The van der Waals surface area contributed by atoms with Crippen molar-refractivity contribution in [3.63, 3.8) is 0 Å². The Morgan fingerprint density at radius 3 is 2.64 bits per heavy atom. The number of hydrogen-bond acceptors (Lipinski definition) is 3. The monoisotopic (exact) mass is 197 g/mol. The number of hydrogen-bond donors (Lipinski definition) is 2. The van der Waals surface area contributed by atoms with Crippen LogP contribution < -0.4 is 5.32 Å². The van der Waals surface area contributed by atoms with E-state index in [1.807, 2.05) is 11.8 Å². The molecule has 0 spiro atoms. The minimum atomic E-state index is 0. The minimum absolute atomic E-state index is 0. The van der Waals surface area contributed by atoms with Gasteiger partial charge in [0, 0.05) is 23.1 Å². The summed E-state index contributed by atoms with van der Waals surface area (Å²) in [5, 5.41) is 12.2. The molecule has 1 aliphatic heterocycles. The molecule has 1 rings (SSSR count). The smallest absolute Gasteiger partial charge is 0.0598 e. The molecule has 11 heavy (non-hydrogen) atoms. The van der Waals surface area contributed by atoms with Gasteiger partial charge in [0.05, 0.1) is 6.61 Å². The minimum Gasteiger partial charge on any atom is -0.395 e. The Bertz CT molecular complexity index is 121. The molecular formula is C7H16ClNOS. The lowest BCUT2D eigenvalue weighted by molar-refractivity contribution is 0.221. The maximum absolute atomic E-state index is 8.95. The van der Waals surface area contributed by atoms with Crippen LogP contribution in [0.25, 0.3) is 0 Å². The molecule has 1 fully saturated rings. The fourth-order valence-corrected chi connectivity index (χ4v) is 2.28. The Labute approximate surface area is 78.5 Å². The summed E-state index contributed by atoms with van der Waals surface area (Å²) < 4.78 is 0.201. The lowest BCUT2D eigenvalue weighted by Gasteiger charge is -2.37. The summed E-state index contributed by atoms with van der Waals surface area (Å²) in [6.45, 7) is 5.62. The number of rotatable bonds is 1. The Kier molecular flexibility index (Phi) is 4.78. The average Bonchev–Trinajstić information content (AvgIpc) is 1.87. The van der Waals surface area contributed by atoms with Crippen LogP contribution in [-0.2, 0) is 0 Å². The second-order valence-corrected chi connectivity index (χ2v) is 4.89. The van der Waals surface area contributed by atoms with Crippen molar-refractivity contribution in [3.05, 3.63) is 0 Å². The highest BCUT2D eigenvalue weighted by Gasteiger charge is 2.31. The Balaban J connectivity index is 0.000001000. The maximum Gasteiger partial charge on any atom is 0.0598 e. The normalized spacial score (nSPS) is 29.2. The zero-order chi connectivity index (χ0) is 7.61. The van der Waals surface area contributed by atoms with E-state index in [1.165, 1.54) is 0 Å². The molecule has 1 atom stereocenters. The molecule has 0 aliphatic carbocycles. The van der Waals surface area contributed by atoms with Gasteiger partial charge in [0.1, 0.15) is 0 Å². The molecule has 68 valence electrons. The van der Waals surface area contributed by atoms with E-state index >= 15 is 0 Å². The summed E-state index contributed by atoms with van der Waals surface area (Å²) in [7, 11) is 0. The van der Waals surface area contributed by atoms with Gasteiger partial charge in [-0.2, -0.15) is 11.8 Å². The molecule has 0 bridgehead atoms. The fourth-order valence-electron chi connectivity index (χ4n) is 1.18. The zero-order valence-electron chi connectivity index (χ0n) is 6.96. The van der Waals surface area contributed by atoms with Crippen molar-refractivity contribution in [2.75, 3.05) is 18.9 Å². The van der Waals surface area contributed by atoms with Gasteiger partial charge in [-0.15, -0.1) is 12.4 Å². The topological polar surface area (TPSA) is 32.3 Å². The number of aliphatic hydroxyl groups excluding tert-OH is 1. The standard InChI is InChI=1S/C7H15NOS.ClH/c1-7(2)6(5-9)8-3-4-10-7;/h6,8-9H,3-5H2,1-2H3;1H/t6-;/m0./s1. The molecule has 0 aromatic heterocycles. The van der Waals surface area contributed by atoms with E-state index in [0.29, 0.717) is 0 Å². The third-order valence-corrected chi connectivity index (χ3v) is 3.43. The van der Waals surface area contributed by atoms with Gasteiger partial charge in [0.25, 0.3) is 0 Å². The summed E-state index contributed by atoms with van der Waals surface area (Å²) in [5.74, 6) is 1.16. The summed E-state index contributed by atoms with van der Waals surface area (Å²) in [6, 6.07) is 0.270. The largest absolute Gasteiger partial charge is 0.395 e. The Morgan fingerprint density at radius 2 is 2.27 bits per heavy atom. The van der Waals surface area contributed by atoms with Crippen LogP contribution in [0, 0.1) is 0 Å². The first-order chi connectivity index (χ1) is 4.67. The van der Waals surface area contributed by atoms with Crippen LogP contribution in [0.2, 0.25) is 0 Å². The predicted octanol–water partition coefficient (Wildman–Crippen LogP) is 0.884. The average molecular weight is 198 g/mol. The number of nitrogens with one attached hydrogen (secondary N) is 1. The molecule has 0 aromatic rings. The second-order valence-electron chi connectivity index (χ2n) is 3.14. The molecule has 1 heterocycles. The van der Waals surface area contributed by atoms with Crippen molar-refractivity contribution >= 4 is 24.2 Å². The molecule has 0 saturated carbocycles. The van der Waals surface area contributed by atoms with Gasteiger partial charge in [-0.25, -0.2) is 0 Å². The van der Waals surface area contributed by atoms with Crippen LogP contribution in [0.5, 0.6) is 0 Å². The van der Waals surface area contributed by atoms with Gasteiger partial charge in [-0.3, -0.25) is 0 Å². The quantitative estimate of drug-likeness (QED) is 0.655. The Hall–Kier alpha value is 0.560. The third kappa shape index (κ3) is 2.82. The van der Waals surface area contributed by atoms with Crippen molar-refractivity contribution in [3.8, 4) is 0 Å². The third-order valence-electron chi connectivity index (χ3n) is 1.99. The second kappa shape index (κ2) is 4.55. The highest BCUT2D eigenvalue weighted by Crippen LogP contribution is 2.30. The zero-order valence-corrected chi connectivity index (χ0v) is 8.60. The maximum atomic E-state index is 8.95. The van der Waals surface area contributed by atoms with Crippen molar-refractivity contribution in [1.29, 1.82) is 0 Å². The summed E-state index contributed by atoms with van der Waals surface area (Å²) in [4.78, 5) is 0. The first kappa shape index (κ1) is 11.6. The van der Waals surface area contributed by atoms with E-state index < -0.39 is 0 Å². The van der Waals surface area contributed by atoms with Crippen LogP contribution >= 0.6 is 24.2 Å². The van der Waals surface area contributed by atoms with E-state index in [4.69, 9.17) is 5.11 Å². The molecule has 2 nitrogen and oxygen atoms in total. The SMILES string of the molecule is CC1(C)SCCN[C@H]1CO.Cl. The predicted molar refractivity (Wildman–Crippen MR) is 52.7 cm³/mol. The molecule has 1 aliphatic rings. The van der Waals surface area contributed by atoms with Gasteiger partial charge in [-0.1, -0.05) is 0 Å². The molecule has 0 unspecified atom stereocenters. The van der Waals surface area contributed by atoms with Crippen molar-refractivity contribution < 1.29 is 5.11 Å². The number of aliphatic hydroxyl groups is 1. The van der Waals surface area contributed by atoms with E-state index in [-0.39, 0.29) is 29.8 Å². The number of thioether (sulfide) groups is 1. The molecule has 0 amide bonds. The van der Waals surface area contributed by atoms with Gasteiger partial charge in [-0.05, 0) is 13.8 Å². The molecule has 0 radical (unpaired) electrons. The van der Waals surface area contributed by atoms with Crippen LogP contribution in [0.15, 0.2) is 0 Å². The summed E-state index contributed by atoms with van der Waals surface area (Å²) in [6.07, 6.45) is 0.